The lowest BCUT2D eigenvalue weighted by molar-refractivity contribution is -0.145. The molecule has 2 saturated heterocycles. The summed E-state index contributed by atoms with van der Waals surface area (Å²) in [5.74, 6) is -10.1. The standard InChI is InChI=1S/C41H62N10O12S2/c1-5-21(4)33-39(60)45-25(12-13-31(43)53)35(56)47-27(17-32(44)54)36(57)49-29(40(61)51-14-6-7-30(51)38(59)48-28(41(62)63)15-20(2)3)19-65-64-18-24(42)34(55)46-26(37(58)50-33)16-22-8-10-23(52)11-9-22/h8-11,20-21,24-30,33,52H,5-7,12-19,42H2,1-4H3,(H2,43,53)(H2,44,54)(H,45,60)(H,46,55)(H,47,56)(H,48,59)(H,49,57)(H,50,58)(H,62,63)/t21-,24-,25-,26-,27-,28-,29-,30-,33-/m0/s1. The Morgan fingerprint density at radius 3 is 2.02 bits per heavy atom. The first-order valence-corrected chi connectivity index (χ1v) is 23.8. The summed E-state index contributed by atoms with van der Waals surface area (Å²) in [6, 6.07) is -5.08. The second kappa shape index (κ2) is 25.8. The molecule has 2 heterocycles. The molecule has 0 radical (unpaired) electrons. The molecule has 2 aliphatic rings. The van der Waals surface area contributed by atoms with Gasteiger partial charge in [0.2, 0.25) is 53.2 Å². The lowest BCUT2D eigenvalue weighted by atomic mass is 9.96. The molecule has 360 valence electrons. The van der Waals surface area contributed by atoms with Crippen molar-refractivity contribution in [2.45, 2.75) is 127 Å². The summed E-state index contributed by atoms with van der Waals surface area (Å²) in [5.41, 5.74) is 17.7. The van der Waals surface area contributed by atoms with Crippen molar-refractivity contribution in [3.63, 3.8) is 0 Å². The summed E-state index contributed by atoms with van der Waals surface area (Å²) in [6.07, 6.45) is -0.678. The molecule has 2 fully saturated rings. The van der Waals surface area contributed by atoms with Gasteiger partial charge in [-0.15, -0.1) is 0 Å². The Labute approximate surface area is 384 Å². The van der Waals surface area contributed by atoms with Gasteiger partial charge in [0.25, 0.3) is 0 Å². The average molecular weight is 951 g/mol. The SMILES string of the molecule is CC[C@H](C)[C@@H]1NC(=O)[C@H](Cc2ccc(O)cc2)NC(=O)[C@@H](N)CSSC[C@@H](C(=O)N2CCC[C@H]2C(=O)N[C@@H](CC(C)C)C(=O)O)NC(=O)[C@H](CC(N)=O)NC(=O)[C@H](CCC(N)=O)NC1=O. The average Bonchev–Trinajstić information content (AvgIpc) is 3.74. The molecule has 3 rings (SSSR count). The summed E-state index contributed by atoms with van der Waals surface area (Å²) in [6.45, 7) is 7.04. The molecule has 22 nitrogen and oxygen atoms in total. The van der Waals surface area contributed by atoms with Crippen LogP contribution in [0, 0.1) is 11.8 Å². The van der Waals surface area contributed by atoms with E-state index in [9.17, 15) is 58.2 Å². The molecule has 1 aromatic carbocycles. The van der Waals surface area contributed by atoms with Crippen LogP contribution in [0.4, 0.5) is 0 Å². The Morgan fingerprint density at radius 1 is 0.815 bits per heavy atom. The normalized spacial score (nSPS) is 25.2. The van der Waals surface area contributed by atoms with Crippen LogP contribution in [-0.2, 0) is 54.4 Å². The van der Waals surface area contributed by atoms with E-state index < -0.39 is 126 Å². The molecule has 0 aromatic heterocycles. The van der Waals surface area contributed by atoms with E-state index in [1.807, 2.05) is 0 Å². The predicted molar refractivity (Wildman–Crippen MR) is 240 cm³/mol. The van der Waals surface area contributed by atoms with Crippen molar-refractivity contribution >= 4 is 80.7 Å². The van der Waals surface area contributed by atoms with Gasteiger partial charge in [-0.25, -0.2) is 4.79 Å². The Bertz CT molecular complexity index is 1910. The van der Waals surface area contributed by atoms with Crippen molar-refractivity contribution in [1.29, 1.82) is 0 Å². The monoisotopic (exact) mass is 950 g/mol. The zero-order chi connectivity index (χ0) is 48.5. The molecule has 14 N–H and O–H groups in total. The number of carbonyl (C=O) groups excluding carboxylic acids is 9. The molecular formula is C41H62N10O12S2. The molecule has 0 saturated carbocycles. The highest BCUT2D eigenvalue weighted by Crippen LogP contribution is 2.26. The van der Waals surface area contributed by atoms with Crippen molar-refractivity contribution < 1.29 is 58.2 Å². The van der Waals surface area contributed by atoms with E-state index in [1.54, 1.807) is 27.7 Å². The molecule has 1 aromatic rings. The van der Waals surface area contributed by atoms with Gasteiger partial charge in [-0.1, -0.05) is 67.8 Å². The number of phenols is 1. The van der Waals surface area contributed by atoms with Crippen molar-refractivity contribution in [1.82, 2.24) is 36.8 Å². The number of hydrogen-bond donors (Lipinski definition) is 11. The molecular weight excluding hydrogens is 889 g/mol. The van der Waals surface area contributed by atoms with Gasteiger partial charge in [0.15, 0.2) is 0 Å². The summed E-state index contributed by atoms with van der Waals surface area (Å²) >= 11 is 0. The van der Waals surface area contributed by atoms with Gasteiger partial charge in [0.1, 0.15) is 48.0 Å². The van der Waals surface area contributed by atoms with Crippen LogP contribution >= 0.6 is 21.6 Å². The lowest BCUT2D eigenvalue weighted by Crippen LogP contribution is -2.61. The second-order valence-corrected chi connectivity index (χ2v) is 19.1. The van der Waals surface area contributed by atoms with Gasteiger partial charge < -0.3 is 64.2 Å². The van der Waals surface area contributed by atoms with Gasteiger partial charge >= 0.3 is 5.97 Å². The molecule has 0 aliphatic carbocycles. The summed E-state index contributed by atoms with van der Waals surface area (Å²) < 4.78 is 0. The van der Waals surface area contributed by atoms with Crippen LogP contribution in [0.15, 0.2) is 24.3 Å². The highest BCUT2D eigenvalue weighted by atomic mass is 33.1. The van der Waals surface area contributed by atoms with E-state index in [-0.39, 0.29) is 55.4 Å². The van der Waals surface area contributed by atoms with Crippen LogP contribution in [-0.4, -0.2) is 141 Å². The van der Waals surface area contributed by atoms with Crippen LogP contribution < -0.4 is 49.1 Å². The van der Waals surface area contributed by atoms with Gasteiger partial charge in [-0.3, -0.25) is 43.2 Å². The third kappa shape index (κ3) is 17.0. The van der Waals surface area contributed by atoms with Crippen LogP contribution in [0.25, 0.3) is 0 Å². The van der Waals surface area contributed by atoms with E-state index in [4.69, 9.17) is 17.2 Å². The topological polar surface area (TPSA) is 365 Å². The minimum absolute atomic E-state index is 0.0420. The number of carboxylic acid groups (broad SMARTS) is 1. The van der Waals surface area contributed by atoms with Crippen LogP contribution in [0.3, 0.4) is 0 Å². The third-order valence-electron chi connectivity index (χ3n) is 10.8. The number of primary amides is 2. The number of nitrogens with zero attached hydrogens (tertiary/aromatic N) is 1. The first kappa shape index (κ1) is 53.7. The number of benzene rings is 1. The molecule has 9 amide bonds. The Morgan fingerprint density at radius 2 is 1.42 bits per heavy atom. The van der Waals surface area contributed by atoms with E-state index in [2.05, 4.69) is 31.9 Å². The number of carboxylic acids is 1. The van der Waals surface area contributed by atoms with E-state index in [1.165, 1.54) is 29.2 Å². The minimum atomic E-state index is -1.74. The Hall–Kier alpha value is -5.62. The number of nitrogens with two attached hydrogens (primary N) is 3. The van der Waals surface area contributed by atoms with Gasteiger partial charge in [-0.2, -0.15) is 0 Å². The first-order valence-electron chi connectivity index (χ1n) is 21.3. The number of nitrogens with one attached hydrogen (secondary N) is 6. The number of hydrogen-bond acceptors (Lipinski definition) is 14. The maximum atomic E-state index is 14.3. The van der Waals surface area contributed by atoms with Gasteiger partial charge in [0.05, 0.1) is 12.5 Å². The van der Waals surface area contributed by atoms with Crippen LogP contribution in [0.1, 0.15) is 78.2 Å². The van der Waals surface area contributed by atoms with Crippen molar-refractivity contribution in [2.75, 3.05) is 18.1 Å². The number of aromatic hydroxyl groups is 1. The summed E-state index contributed by atoms with van der Waals surface area (Å²) in [7, 11) is 2.06. The third-order valence-corrected chi connectivity index (χ3v) is 13.3. The molecule has 2 aliphatic heterocycles. The fourth-order valence-electron chi connectivity index (χ4n) is 7.04. The highest BCUT2D eigenvalue weighted by Gasteiger charge is 2.41. The van der Waals surface area contributed by atoms with Crippen LogP contribution in [0.2, 0.25) is 0 Å². The largest absolute Gasteiger partial charge is 0.508 e. The number of aliphatic carboxylic acids is 1. The smallest absolute Gasteiger partial charge is 0.326 e. The molecule has 0 unspecified atom stereocenters. The Kier molecular flexibility index (Phi) is 21.3. The number of likely N-dealkylation sites (tertiary alicyclic amines) is 1. The maximum absolute atomic E-state index is 14.3. The van der Waals surface area contributed by atoms with E-state index >= 15 is 0 Å². The summed E-state index contributed by atoms with van der Waals surface area (Å²) in [5, 5.41) is 34.9. The highest BCUT2D eigenvalue weighted by molar-refractivity contribution is 8.76. The zero-order valence-electron chi connectivity index (χ0n) is 36.8. The summed E-state index contributed by atoms with van der Waals surface area (Å²) in [4.78, 5) is 135. The predicted octanol–water partition coefficient (Wildman–Crippen LogP) is -2.13. The molecule has 65 heavy (non-hydrogen) atoms. The number of carbonyl (C=O) groups is 10. The Balaban J connectivity index is 2.06. The van der Waals surface area contributed by atoms with Crippen molar-refractivity contribution in [2.24, 2.45) is 29.0 Å². The second-order valence-electron chi connectivity index (χ2n) is 16.6. The lowest BCUT2D eigenvalue weighted by Gasteiger charge is -2.31. The zero-order valence-corrected chi connectivity index (χ0v) is 38.5. The van der Waals surface area contributed by atoms with E-state index in [0.717, 1.165) is 21.6 Å². The number of phenolic OH excluding ortho intramolecular Hbond substituents is 1. The van der Waals surface area contributed by atoms with Crippen molar-refractivity contribution in [3.05, 3.63) is 29.8 Å². The van der Waals surface area contributed by atoms with Gasteiger partial charge in [-0.05, 0) is 55.2 Å². The number of rotatable bonds is 15. The quantitative estimate of drug-likeness (QED) is 0.0837. The van der Waals surface area contributed by atoms with Crippen LogP contribution in [0.5, 0.6) is 5.75 Å². The maximum Gasteiger partial charge on any atom is 0.326 e. The first-order chi connectivity index (χ1) is 30.6. The van der Waals surface area contributed by atoms with Gasteiger partial charge in [0, 0.05) is 30.9 Å². The minimum Gasteiger partial charge on any atom is -0.508 e. The molecule has 0 bridgehead atoms. The number of amides is 9. The molecule has 0 spiro atoms. The van der Waals surface area contributed by atoms with E-state index in [0.29, 0.717) is 18.4 Å². The fourth-order valence-corrected chi connectivity index (χ4v) is 9.31. The fraction of sp³-hybridized carbons (Fsp3) is 0.610. The van der Waals surface area contributed by atoms with Crippen molar-refractivity contribution in [3.8, 4) is 5.75 Å². The molecule has 9 atom stereocenters. The molecule has 24 heteroatoms.